The van der Waals surface area contributed by atoms with Gasteiger partial charge < -0.3 is 20.9 Å². The quantitative estimate of drug-likeness (QED) is 0.204. The third-order valence-corrected chi connectivity index (χ3v) is 4.93. The van der Waals surface area contributed by atoms with Crippen LogP contribution in [0.1, 0.15) is 61.9 Å². The van der Waals surface area contributed by atoms with Gasteiger partial charge in [0.05, 0.1) is 6.54 Å². The van der Waals surface area contributed by atoms with Crippen LogP contribution >= 0.6 is 24.0 Å². The minimum absolute atomic E-state index is 0. The monoisotopic (exact) mass is 515 g/mol. The van der Waals surface area contributed by atoms with E-state index >= 15 is 0 Å². The van der Waals surface area contributed by atoms with Gasteiger partial charge in [-0.15, -0.1) is 24.0 Å². The van der Waals surface area contributed by atoms with Crippen molar-refractivity contribution in [3.8, 4) is 0 Å². The third-order valence-electron chi connectivity index (χ3n) is 4.93. The SMILES string of the molecule is CCNC(=O)c1cccc(CN=C(NCC)NCCCN2CCCCCC2)c1.I. The molecule has 164 valence electrons. The highest BCUT2D eigenvalue weighted by atomic mass is 127. The highest BCUT2D eigenvalue weighted by Gasteiger charge is 2.08. The number of hydrogen-bond acceptors (Lipinski definition) is 3. The number of amides is 1. The Morgan fingerprint density at radius 2 is 1.76 bits per heavy atom. The second-order valence-electron chi connectivity index (χ2n) is 7.29. The summed E-state index contributed by atoms with van der Waals surface area (Å²) in [6, 6.07) is 7.67. The fourth-order valence-corrected chi connectivity index (χ4v) is 3.45. The van der Waals surface area contributed by atoms with E-state index < -0.39 is 0 Å². The fraction of sp³-hybridized carbons (Fsp3) is 0.636. The van der Waals surface area contributed by atoms with Crippen molar-refractivity contribution in [1.82, 2.24) is 20.9 Å². The summed E-state index contributed by atoms with van der Waals surface area (Å²) in [6.07, 6.45) is 6.57. The van der Waals surface area contributed by atoms with E-state index in [-0.39, 0.29) is 29.9 Å². The van der Waals surface area contributed by atoms with E-state index in [2.05, 4.69) is 32.8 Å². The summed E-state index contributed by atoms with van der Waals surface area (Å²) in [5, 5.41) is 9.58. The van der Waals surface area contributed by atoms with E-state index in [0.717, 1.165) is 37.6 Å². The van der Waals surface area contributed by atoms with Crippen LogP contribution in [0.2, 0.25) is 0 Å². The zero-order valence-corrected chi connectivity index (χ0v) is 20.3. The number of benzene rings is 1. The molecule has 1 aromatic rings. The minimum Gasteiger partial charge on any atom is -0.357 e. The van der Waals surface area contributed by atoms with Crippen molar-refractivity contribution in [2.24, 2.45) is 4.99 Å². The van der Waals surface area contributed by atoms with Crippen molar-refractivity contribution in [2.75, 3.05) is 39.3 Å². The predicted molar refractivity (Wildman–Crippen MR) is 132 cm³/mol. The van der Waals surface area contributed by atoms with Gasteiger partial charge in [0.2, 0.25) is 0 Å². The van der Waals surface area contributed by atoms with E-state index in [1.807, 2.05) is 31.2 Å². The van der Waals surface area contributed by atoms with Gasteiger partial charge in [-0.2, -0.15) is 0 Å². The molecule has 0 unspecified atom stereocenters. The molecule has 0 aliphatic carbocycles. The summed E-state index contributed by atoms with van der Waals surface area (Å²) in [7, 11) is 0. The molecule has 1 fully saturated rings. The first-order chi connectivity index (χ1) is 13.7. The summed E-state index contributed by atoms with van der Waals surface area (Å²) in [4.78, 5) is 19.3. The lowest BCUT2D eigenvalue weighted by atomic mass is 10.1. The number of carbonyl (C=O) groups excluding carboxylic acids is 1. The molecule has 29 heavy (non-hydrogen) atoms. The van der Waals surface area contributed by atoms with Crippen LogP contribution in [0.4, 0.5) is 0 Å². The molecule has 1 aromatic carbocycles. The summed E-state index contributed by atoms with van der Waals surface area (Å²) in [5.74, 6) is 0.800. The van der Waals surface area contributed by atoms with Gasteiger partial charge in [-0.25, -0.2) is 4.99 Å². The molecule has 0 saturated carbocycles. The third kappa shape index (κ3) is 10.3. The lowest BCUT2D eigenvalue weighted by Gasteiger charge is -2.20. The van der Waals surface area contributed by atoms with Crippen LogP contribution in [0.15, 0.2) is 29.3 Å². The molecule has 1 saturated heterocycles. The lowest BCUT2D eigenvalue weighted by Crippen LogP contribution is -2.39. The topological polar surface area (TPSA) is 68.8 Å². The van der Waals surface area contributed by atoms with Gasteiger partial charge in [0.15, 0.2) is 5.96 Å². The Morgan fingerprint density at radius 1 is 1.03 bits per heavy atom. The molecule has 3 N–H and O–H groups in total. The maximum Gasteiger partial charge on any atom is 0.251 e. The number of halogens is 1. The Kier molecular flexibility index (Phi) is 13.7. The second kappa shape index (κ2) is 15.5. The molecule has 0 aromatic heterocycles. The Bertz CT molecular complexity index is 615. The molecule has 7 heteroatoms. The van der Waals surface area contributed by atoms with Crippen molar-refractivity contribution in [1.29, 1.82) is 0 Å². The van der Waals surface area contributed by atoms with Crippen molar-refractivity contribution >= 4 is 35.8 Å². The normalized spacial score (nSPS) is 15.2. The van der Waals surface area contributed by atoms with Gasteiger partial charge in [-0.05, 0) is 70.4 Å². The van der Waals surface area contributed by atoms with Gasteiger partial charge >= 0.3 is 0 Å². The lowest BCUT2D eigenvalue weighted by molar-refractivity contribution is 0.0955. The summed E-state index contributed by atoms with van der Waals surface area (Å²) in [5.41, 5.74) is 1.72. The Balaban J connectivity index is 0.00000420. The highest BCUT2D eigenvalue weighted by Crippen LogP contribution is 2.09. The van der Waals surface area contributed by atoms with E-state index in [0.29, 0.717) is 18.7 Å². The van der Waals surface area contributed by atoms with Gasteiger partial charge in [0.25, 0.3) is 5.91 Å². The molecule has 1 aliphatic heterocycles. The summed E-state index contributed by atoms with van der Waals surface area (Å²) < 4.78 is 0. The molecule has 0 atom stereocenters. The smallest absolute Gasteiger partial charge is 0.251 e. The van der Waals surface area contributed by atoms with Crippen LogP contribution in [0, 0.1) is 0 Å². The largest absolute Gasteiger partial charge is 0.357 e. The van der Waals surface area contributed by atoms with Crippen molar-refractivity contribution in [2.45, 2.75) is 52.5 Å². The molecule has 2 rings (SSSR count). The van der Waals surface area contributed by atoms with Crippen LogP contribution in [-0.2, 0) is 6.54 Å². The molecular formula is C22H38IN5O. The molecule has 1 amide bonds. The average Bonchev–Trinajstić information content (AvgIpc) is 2.98. The van der Waals surface area contributed by atoms with Gasteiger partial charge in [0, 0.05) is 25.2 Å². The van der Waals surface area contributed by atoms with Crippen LogP contribution in [0.5, 0.6) is 0 Å². The molecule has 0 spiro atoms. The Labute approximate surface area is 193 Å². The zero-order chi connectivity index (χ0) is 20.0. The summed E-state index contributed by atoms with van der Waals surface area (Å²) >= 11 is 0. The molecule has 6 nitrogen and oxygen atoms in total. The van der Waals surface area contributed by atoms with Gasteiger partial charge in [-0.3, -0.25) is 4.79 Å². The van der Waals surface area contributed by atoms with E-state index in [4.69, 9.17) is 0 Å². The van der Waals surface area contributed by atoms with Gasteiger partial charge in [-0.1, -0.05) is 25.0 Å². The van der Waals surface area contributed by atoms with Crippen LogP contribution in [0.25, 0.3) is 0 Å². The first-order valence-electron chi connectivity index (χ1n) is 10.8. The predicted octanol–water partition coefficient (Wildman–Crippen LogP) is 3.38. The number of aliphatic imine (C=N–C) groups is 1. The van der Waals surface area contributed by atoms with Crippen molar-refractivity contribution < 1.29 is 4.79 Å². The average molecular weight is 515 g/mol. The molecule has 0 bridgehead atoms. The number of guanidine groups is 1. The first-order valence-corrected chi connectivity index (χ1v) is 10.8. The molecule has 1 aliphatic rings. The second-order valence-corrected chi connectivity index (χ2v) is 7.29. The number of nitrogens with zero attached hydrogens (tertiary/aromatic N) is 2. The van der Waals surface area contributed by atoms with Crippen molar-refractivity contribution in [3.05, 3.63) is 35.4 Å². The maximum absolute atomic E-state index is 12.0. The number of likely N-dealkylation sites (tertiary alicyclic amines) is 1. The maximum atomic E-state index is 12.0. The number of hydrogen-bond donors (Lipinski definition) is 3. The Morgan fingerprint density at radius 3 is 2.45 bits per heavy atom. The highest BCUT2D eigenvalue weighted by molar-refractivity contribution is 14.0. The first kappa shape index (κ1) is 25.7. The van der Waals surface area contributed by atoms with Crippen LogP contribution in [0.3, 0.4) is 0 Å². The zero-order valence-electron chi connectivity index (χ0n) is 18.0. The summed E-state index contributed by atoms with van der Waals surface area (Å²) in [6.45, 7) is 10.6. The Hall–Kier alpha value is -1.35. The molecular weight excluding hydrogens is 477 g/mol. The molecule has 0 radical (unpaired) electrons. The van der Waals surface area contributed by atoms with Gasteiger partial charge in [0.1, 0.15) is 0 Å². The fourth-order valence-electron chi connectivity index (χ4n) is 3.45. The van der Waals surface area contributed by atoms with Crippen LogP contribution < -0.4 is 16.0 Å². The van der Waals surface area contributed by atoms with Crippen LogP contribution in [-0.4, -0.2) is 56.0 Å². The number of carbonyl (C=O) groups is 1. The van der Waals surface area contributed by atoms with Crippen molar-refractivity contribution in [3.63, 3.8) is 0 Å². The number of nitrogens with one attached hydrogen (secondary N) is 3. The minimum atomic E-state index is -0.0353. The van der Waals surface area contributed by atoms with E-state index in [9.17, 15) is 4.79 Å². The van der Waals surface area contributed by atoms with E-state index in [1.165, 1.54) is 38.8 Å². The number of rotatable bonds is 9. The molecule has 1 heterocycles. The van der Waals surface area contributed by atoms with E-state index in [1.54, 1.807) is 0 Å². The standard InChI is InChI=1S/C22H37N5O.HI/c1-3-23-21(28)20-12-9-11-19(17-20)18-26-22(24-4-2)25-13-10-16-27-14-7-5-6-8-15-27;/h9,11-12,17H,3-8,10,13-16,18H2,1-2H3,(H,23,28)(H2,24,25,26);1H.